The highest BCUT2D eigenvalue weighted by molar-refractivity contribution is 8.08. The highest BCUT2D eigenvalue weighted by Crippen LogP contribution is 2.35. The van der Waals surface area contributed by atoms with Crippen LogP contribution in [-0.2, 0) is 30.2 Å². The maximum absolute atomic E-state index is 12.9. The fourth-order valence-corrected chi connectivity index (χ4v) is 8.34. The molecule has 0 aliphatic rings. The summed E-state index contributed by atoms with van der Waals surface area (Å²) in [5, 5.41) is 16.6. The summed E-state index contributed by atoms with van der Waals surface area (Å²) in [4.78, 5) is 12.3. The number of carbonyl (C=O) groups is 1. The van der Waals surface area contributed by atoms with Crippen LogP contribution in [0, 0.1) is 11.3 Å². The van der Waals surface area contributed by atoms with E-state index in [0.29, 0.717) is 4.88 Å². The molecule has 3 aromatic rings. The van der Waals surface area contributed by atoms with Crippen LogP contribution < -0.4 is 5.43 Å². The van der Waals surface area contributed by atoms with Crippen LogP contribution in [0.5, 0.6) is 0 Å². The molecular weight excluding hydrogens is 503 g/mol. The minimum absolute atomic E-state index is 0.0985. The molecule has 0 unspecified atom stereocenters. The van der Waals surface area contributed by atoms with Crippen LogP contribution in [0.1, 0.15) is 14.5 Å². The zero-order chi connectivity index (χ0) is 22.6. The van der Waals surface area contributed by atoms with Crippen molar-refractivity contribution >= 4 is 70.4 Å². The lowest BCUT2D eigenvalue weighted by atomic mass is 10.4. The first kappa shape index (κ1) is 23.1. The topological polar surface area (TPSA) is 143 Å². The van der Waals surface area contributed by atoms with E-state index in [1.54, 1.807) is 17.5 Å². The van der Waals surface area contributed by atoms with E-state index in [1.807, 2.05) is 0 Å². The lowest BCUT2D eigenvalue weighted by Crippen LogP contribution is -2.15. The molecule has 0 aliphatic carbocycles. The number of esters is 1. The van der Waals surface area contributed by atoms with E-state index in [4.69, 9.17) is 0 Å². The maximum atomic E-state index is 12.9. The quantitative estimate of drug-likeness (QED) is 0.218. The molecule has 0 atom stereocenters. The molecule has 162 valence electrons. The molecule has 3 aromatic heterocycles. The first-order valence-corrected chi connectivity index (χ1v) is 14.0. The summed E-state index contributed by atoms with van der Waals surface area (Å²) < 4.78 is 55.6. The van der Waals surface area contributed by atoms with E-state index in [1.165, 1.54) is 40.3 Å². The molecule has 9 nitrogen and oxygen atoms in total. The van der Waals surface area contributed by atoms with Crippen molar-refractivity contribution in [2.24, 2.45) is 5.10 Å². The molecule has 14 heteroatoms. The van der Waals surface area contributed by atoms with Crippen molar-refractivity contribution in [2.45, 2.75) is 14.9 Å². The number of anilines is 1. The van der Waals surface area contributed by atoms with Crippen molar-refractivity contribution in [1.82, 2.24) is 0 Å². The number of carbonyl (C=O) groups excluding carboxylic acids is 1. The lowest BCUT2D eigenvalue weighted by molar-refractivity contribution is 0.0607. The Balaban J connectivity index is 2.05. The van der Waals surface area contributed by atoms with Crippen LogP contribution in [0.15, 0.2) is 54.6 Å². The number of nitrogens with one attached hydrogen (secondary N) is 1. The van der Waals surface area contributed by atoms with E-state index >= 15 is 0 Å². The third-order valence-electron chi connectivity index (χ3n) is 3.75. The van der Waals surface area contributed by atoms with Gasteiger partial charge >= 0.3 is 5.97 Å². The number of nitriles is 1. The summed E-state index contributed by atoms with van der Waals surface area (Å²) in [6.45, 7) is 0. The minimum Gasteiger partial charge on any atom is -0.465 e. The molecule has 0 bridgehead atoms. The fourth-order valence-electron chi connectivity index (χ4n) is 2.34. The Labute approximate surface area is 190 Å². The van der Waals surface area contributed by atoms with Crippen LogP contribution >= 0.6 is 34.0 Å². The van der Waals surface area contributed by atoms with Gasteiger partial charge in [0.05, 0.1) is 12.9 Å². The molecule has 0 fully saturated rings. The van der Waals surface area contributed by atoms with E-state index in [2.05, 4.69) is 15.3 Å². The summed E-state index contributed by atoms with van der Waals surface area (Å²) >= 11 is 2.96. The summed E-state index contributed by atoms with van der Waals surface area (Å²) in [7, 11) is -7.00. The lowest BCUT2D eigenvalue weighted by Gasteiger charge is -2.07. The summed E-state index contributed by atoms with van der Waals surface area (Å²) in [6.07, 6.45) is 0. The molecule has 0 aromatic carbocycles. The van der Waals surface area contributed by atoms with Crippen LogP contribution in [0.25, 0.3) is 0 Å². The minimum atomic E-state index is -4.20. The van der Waals surface area contributed by atoms with Crippen molar-refractivity contribution in [2.75, 3.05) is 12.5 Å². The molecule has 0 aliphatic heterocycles. The van der Waals surface area contributed by atoms with Gasteiger partial charge in [-0.25, -0.2) is 21.6 Å². The summed E-state index contributed by atoms with van der Waals surface area (Å²) in [6, 6.07) is 7.68. The fraction of sp³-hybridized carbons (Fsp3) is 0.118. The highest BCUT2D eigenvalue weighted by Gasteiger charge is 2.29. The van der Waals surface area contributed by atoms with Gasteiger partial charge in [-0.1, -0.05) is 12.1 Å². The van der Waals surface area contributed by atoms with Crippen molar-refractivity contribution in [3.8, 4) is 6.07 Å². The number of thiophene rings is 3. The molecule has 0 saturated carbocycles. The van der Waals surface area contributed by atoms with Gasteiger partial charge in [-0.3, -0.25) is 5.43 Å². The molecule has 3 rings (SSSR count). The first-order valence-electron chi connectivity index (χ1n) is 8.18. The Morgan fingerprint density at radius 2 is 1.87 bits per heavy atom. The van der Waals surface area contributed by atoms with Gasteiger partial charge in [-0.15, -0.1) is 34.0 Å². The molecule has 0 radical (unpaired) electrons. The number of rotatable bonds is 7. The Bertz CT molecular complexity index is 1360. The largest absolute Gasteiger partial charge is 0.465 e. The van der Waals surface area contributed by atoms with E-state index in [9.17, 15) is 26.9 Å². The molecule has 31 heavy (non-hydrogen) atoms. The van der Waals surface area contributed by atoms with Gasteiger partial charge in [0.25, 0.3) is 5.04 Å². The molecule has 0 amide bonds. The van der Waals surface area contributed by atoms with Crippen molar-refractivity contribution in [3.05, 3.63) is 50.2 Å². The van der Waals surface area contributed by atoms with Crippen LogP contribution in [0.4, 0.5) is 5.69 Å². The van der Waals surface area contributed by atoms with Gasteiger partial charge in [0.15, 0.2) is 9.84 Å². The van der Waals surface area contributed by atoms with Crippen LogP contribution in [0.3, 0.4) is 0 Å². The zero-order valence-electron chi connectivity index (χ0n) is 15.6. The molecular formula is C17H13N3O6S5. The zero-order valence-corrected chi connectivity index (χ0v) is 19.7. The smallest absolute Gasteiger partial charge is 0.350 e. The number of methoxy groups -OCH3 is 1. The number of sulfone groups is 2. The number of ether oxygens (including phenoxy) is 1. The summed E-state index contributed by atoms with van der Waals surface area (Å²) in [5.41, 5.74) is 2.06. The average molecular weight is 516 g/mol. The standard InChI is InChI=1S/C17H13N3O6S5/c1-26-17(21)16-15(12(9-29-16)30(22,23)10-11-4-2-6-27-11)20-19-13(8-18)31(24,25)14-5-3-7-28-14/h2-7,9,20H,10H2,1H3. The van der Waals surface area contributed by atoms with Crippen molar-refractivity contribution in [1.29, 1.82) is 5.26 Å². The predicted octanol–water partition coefficient (Wildman–Crippen LogP) is 3.35. The van der Waals surface area contributed by atoms with Crippen LogP contribution in [0.2, 0.25) is 0 Å². The van der Waals surface area contributed by atoms with Crippen molar-refractivity contribution in [3.63, 3.8) is 0 Å². The third kappa shape index (κ3) is 4.86. The summed E-state index contributed by atoms with van der Waals surface area (Å²) in [5.74, 6) is -1.15. The number of hydrogen-bond donors (Lipinski definition) is 1. The Hall–Kier alpha value is -2.57. The van der Waals surface area contributed by atoms with Crippen LogP contribution in [-0.4, -0.2) is 35.0 Å². The Morgan fingerprint density at radius 1 is 1.16 bits per heavy atom. The first-order chi connectivity index (χ1) is 14.7. The van der Waals surface area contributed by atoms with E-state index < -0.39 is 30.7 Å². The van der Waals surface area contributed by atoms with Gasteiger partial charge in [0.2, 0.25) is 9.84 Å². The maximum Gasteiger partial charge on any atom is 0.350 e. The third-order valence-corrected chi connectivity index (χ3v) is 10.6. The monoisotopic (exact) mass is 515 g/mol. The van der Waals surface area contributed by atoms with E-state index in [-0.39, 0.29) is 25.4 Å². The van der Waals surface area contributed by atoms with Gasteiger partial charge in [0.1, 0.15) is 25.7 Å². The number of nitrogens with zero attached hydrogens (tertiary/aromatic N) is 2. The SMILES string of the molecule is COC(=O)c1scc(S(=O)(=O)Cc2cccs2)c1NN=C(C#N)S(=O)(=O)c1cccs1. The number of hydrogen-bond acceptors (Lipinski definition) is 12. The molecule has 3 heterocycles. The molecule has 1 N–H and O–H groups in total. The van der Waals surface area contributed by atoms with E-state index in [0.717, 1.165) is 29.8 Å². The second kappa shape index (κ2) is 9.28. The Morgan fingerprint density at radius 3 is 2.45 bits per heavy atom. The van der Waals surface area contributed by atoms with Gasteiger partial charge < -0.3 is 4.74 Å². The molecule has 0 spiro atoms. The second-order valence-electron chi connectivity index (χ2n) is 5.71. The normalized spacial score (nSPS) is 12.3. The Kier molecular flexibility index (Phi) is 6.92. The van der Waals surface area contributed by atoms with Crippen molar-refractivity contribution < 1.29 is 26.4 Å². The highest BCUT2D eigenvalue weighted by atomic mass is 32.2. The number of hydrazone groups is 1. The van der Waals surface area contributed by atoms with Gasteiger partial charge in [0, 0.05) is 10.3 Å². The predicted molar refractivity (Wildman–Crippen MR) is 119 cm³/mol. The van der Waals surface area contributed by atoms with Gasteiger partial charge in [-0.2, -0.15) is 10.4 Å². The molecule has 0 saturated heterocycles. The second-order valence-corrected chi connectivity index (χ2v) is 12.6. The average Bonchev–Trinajstić information content (AvgIpc) is 3.48. The van der Waals surface area contributed by atoms with Gasteiger partial charge in [-0.05, 0) is 22.9 Å².